The summed E-state index contributed by atoms with van der Waals surface area (Å²) in [5.41, 5.74) is 3.19. The van der Waals surface area contributed by atoms with E-state index >= 15 is 0 Å². The maximum atomic E-state index is 6.12. The number of hydrogen-bond acceptors (Lipinski definition) is 2. The van der Waals surface area contributed by atoms with Gasteiger partial charge in [0.1, 0.15) is 11.3 Å². The van der Waals surface area contributed by atoms with E-state index in [2.05, 4.69) is 37.4 Å². The average Bonchev–Trinajstić information content (AvgIpc) is 2.95. The molecule has 0 spiro atoms. The van der Waals surface area contributed by atoms with Crippen molar-refractivity contribution in [1.29, 1.82) is 0 Å². The Morgan fingerprint density at radius 3 is 2.48 bits per heavy atom. The van der Waals surface area contributed by atoms with Gasteiger partial charge >= 0.3 is 0 Å². The summed E-state index contributed by atoms with van der Waals surface area (Å²) in [7, 11) is 2.00. The zero-order valence-corrected chi connectivity index (χ0v) is 14.6. The van der Waals surface area contributed by atoms with Crippen LogP contribution in [-0.4, -0.2) is 19.3 Å². The van der Waals surface area contributed by atoms with Gasteiger partial charge in [-0.3, -0.25) is 4.68 Å². The summed E-state index contributed by atoms with van der Waals surface area (Å²) in [6.07, 6.45) is 4.56. The minimum absolute atomic E-state index is 0.405. The Hall–Kier alpha value is -1.03. The Labute approximate surface area is 132 Å². The van der Waals surface area contributed by atoms with Crippen molar-refractivity contribution in [2.24, 2.45) is 13.0 Å². The molecule has 0 aliphatic carbocycles. The molecule has 0 aliphatic rings. The molecule has 0 radical (unpaired) electrons. The van der Waals surface area contributed by atoms with E-state index in [-0.39, 0.29) is 0 Å². The van der Waals surface area contributed by atoms with Crippen LogP contribution in [-0.2, 0) is 19.3 Å². The summed E-state index contributed by atoms with van der Waals surface area (Å²) in [6.45, 7) is 8.93. The molecule has 2 aromatic rings. The van der Waals surface area contributed by atoms with Gasteiger partial charge in [-0.15, -0.1) is 11.6 Å². The third-order valence-corrected chi connectivity index (χ3v) is 4.35. The van der Waals surface area contributed by atoms with E-state index < -0.39 is 0 Å². The lowest BCUT2D eigenvalue weighted by molar-refractivity contribution is 0.443. The first kappa shape index (κ1) is 16.3. The van der Waals surface area contributed by atoms with Crippen LogP contribution in [0.4, 0.5) is 0 Å². The maximum Gasteiger partial charge on any atom is 0.158 e. The molecule has 2 rings (SSSR count). The molecular formula is C16H27ClN4. The summed E-state index contributed by atoms with van der Waals surface area (Å²) in [5, 5.41) is 4.59. The SMILES string of the molecule is CCc1nn(C)c2c1nc(CCl)n2C(C)CCCC(C)C. The Kier molecular flexibility index (Phi) is 5.31. The Morgan fingerprint density at radius 1 is 1.19 bits per heavy atom. The Bertz CT molecular complexity index is 597. The fourth-order valence-corrected chi connectivity index (χ4v) is 3.18. The van der Waals surface area contributed by atoms with E-state index in [0.29, 0.717) is 11.9 Å². The summed E-state index contributed by atoms with van der Waals surface area (Å²) in [5.74, 6) is 2.18. The van der Waals surface area contributed by atoms with Gasteiger partial charge in [0.2, 0.25) is 0 Å². The van der Waals surface area contributed by atoms with Gasteiger partial charge in [-0.25, -0.2) is 4.98 Å². The summed E-state index contributed by atoms with van der Waals surface area (Å²) in [6, 6.07) is 0.405. The number of aryl methyl sites for hydroxylation is 2. The highest BCUT2D eigenvalue weighted by Crippen LogP contribution is 2.27. The molecule has 1 atom stereocenters. The van der Waals surface area contributed by atoms with Crippen LogP contribution in [0.25, 0.3) is 11.2 Å². The molecule has 0 fully saturated rings. The largest absolute Gasteiger partial charge is 0.309 e. The normalized spacial score (nSPS) is 13.5. The lowest BCUT2D eigenvalue weighted by atomic mass is 10.0. The van der Waals surface area contributed by atoms with E-state index in [1.54, 1.807) is 0 Å². The molecule has 0 amide bonds. The van der Waals surface area contributed by atoms with E-state index in [0.717, 1.165) is 41.4 Å². The van der Waals surface area contributed by atoms with Crippen molar-refractivity contribution < 1.29 is 0 Å². The van der Waals surface area contributed by atoms with Crippen LogP contribution in [0.3, 0.4) is 0 Å². The van der Waals surface area contributed by atoms with Crippen LogP contribution < -0.4 is 0 Å². The zero-order valence-electron chi connectivity index (χ0n) is 13.9. The van der Waals surface area contributed by atoms with Crippen LogP contribution >= 0.6 is 11.6 Å². The van der Waals surface area contributed by atoms with Crippen molar-refractivity contribution >= 4 is 22.8 Å². The Morgan fingerprint density at radius 2 is 1.90 bits per heavy atom. The summed E-state index contributed by atoms with van der Waals surface area (Å²) >= 11 is 6.12. The molecule has 118 valence electrons. The maximum absolute atomic E-state index is 6.12. The smallest absolute Gasteiger partial charge is 0.158 e. The number of aromatic nitrogens is 4. The first-order valence-corrected chi connectivity index (χ1v) is 8.51. The molecular weight excluding hydrogens is 284 g/mol. The quantitative estimate of drug-likeness (QED) is 0.708. The average molecular weight is 311 g/mol. The molecule has 0 N–H and O–H groups in total. The van der Waals surface area contributed by atoms with Crippen LogP contribution in [0.5, 0.6) is 0 Å². The number of imidazole rings is 1. The molecule has 0 aromatic carbocycles. The van der Waals surface area contributed by atoms with Crippen molar-refractivity contribution in [3.63, 3.8) is 0 Å². The topological polar surface area (TPSA) is 35.6 Å². The number of hydrogen-bond donors (Lipinski definition) is 0. The second kappa shape index (κ2) is 6.82. The minimum atomic E-state index is 0.405. The van der Waals surface area contributed by atoms with Gasteiger partial charge in [-0.2, -0.15) is 5.10 Å². The molecule has 2 aromatic heterocycles. The first-order valence-electron chi connectivity index (χ1n) is 7.98. The lowest BCUT2D eigenvalue weighted by Crippen LogP contribution is -2.11. The standard InChI is InChI=1S/C16H27ClN4/c1-6-13-15-16(20(5)19-13)21(14(10-17)18-15)12(4)9-7-8-11(2)3/h11-12H,6-10H2,1-5H3. The first-order chi connectivity index (χ1) is 9.99. The second-order valence-corrected chi connectivity index (χ2v) is 6.57. The van der Waals surface area contributed by atoms with Gasteiger partial charge in [-0.05, 0) is 25.7 Å². The number of nitrogens with zero attached hydrogens (tertiary/aromatic N) is 4. The van der Waals surface area contributed by atoms with Crippen LogP contribution in [0.15, 0.2) is 0 Å². The zero-order chi connectivity index (χ0) is 15.6. The molecule has 21 heavy (non-hydrogen) atoms. The van der Waals surface area contributed by atoms with Crippen LogP contribution in [0, 0.1) is 5.92 Å². The predicted molar refractivity (Wildman–Crippen MR) is 88.8 cm³/mol. The summed E-state index contributed by atoms with van der Waals surface area (Å²) in [4.78, 5) is 4.73. The number of rotatable bonds is 7. The van der Waals surface area contributed by atoms with Gasteiger partial charge in [0, 0.05) is 13.1 Å². The fourth-order valence-electron chi connectivity index (χ4n) is 2.99. The monoisotopic (exact) mass is 310 g/mol. The van der Waals surface area contributed by atoms with Crippen molar-refractivity contribution in [3.05, 3.63) is 11.5 Å². The highest BCUT2D eigenvalue weighted by molar-refractivity contribution is 6.16. The number of halogens is 1. The third kappa shape index (κ3) is 3.25. The molecule has 5 heteroatoms. The molecule has 4 nitrogen and oxygen atoms in total. The molecule has 0 bridgehead atoms. The Balaban J connectivity index is 2.34. The predicted octanol–water partition coefficient (Wildman–Crippen LogP) is 4.46. The van der Waals surface area contributed by atoms with Crippen molar-refractivity contribution in [2.45, 2.75) is 65.3 Å². The number of fused-ring (bicyclic) bond motifs is 1. The van der Waals surface area contributed by atoms with Crippen molar-refractivity contribution in [1.82, 2.24) is 19.3 Å². The van der Waals surface area contributed by atoms with Gasteiger partial charge < -0.3 is 4.57 Å². The molecule has 0 aliphatic heterocycles. The van der Waals surface area contributed by atoms with E-state index in [1.807, 2.05) is 11.7 Å². The van der Waals surface area contributed by atoms with Gasteiger partial charge in [0.15, 0.2) is 5.65 Å². The molecule has 2 heterocycles. The fraction of sp³-hybridized carbons (Fsp3) is 0.750. The minimum Gasteiger partial charge on any atom is -0.309 e. The number of alkyl halides is 1. The van der Waals surface area contributed by atoms with E-state index in [1.165, 1.54) is 12.8 Å². The van der Waals surface area contributed by atoms with Crippen molar-refractivity contribution in [2.75, 3.05) is 0 Å². The van der Waals surface area contributed by atoms with Crippen LogP contribution in [0.1, 0.15) is 64.5 Å². The highest BCUT2D eigenvalue weighted by atomic mass is 35.5. The third-order valence-electron chi connectivity index (χ3n) is 4.11. The lowest BCUT2D eigenvalue weighted by Gasteiger charge is -2.17. The van der Waals surface area contributed by atoms with Crippen LogP contribution in [0.2, 0.25) is 0 Å². The second-order valence-electron chi connectivity index (χ2n) is 6.30. The van der Waals surface area contributed by atoms with Gasteiger partial charge in [0.05, 0.1) is 11.6 Å². The van der Waals surface area contributed by atoms with E-state index in [4.69, 9.17) is 16.6 Å². The van der Waals surface area contributed by atoms with Gasteiger partial charge in [0.25, 0.3) is 0 Å². The summed E-state index contributed by atoms with van der Waals surface area (Å²) < 4.78 is 4.24. The van der Waals surface area contributed by atoms with Gasteiger partial charge in [-0.1, -0.05) is 33.6 Å². The molecule has 0 saturated carbocycles. The highest BCUT2D eigenvalue weighted by Gasteiger charge is 2.21. The van der Waals surface area contributed by atoms with Crippen molar-refractivity contribution in [3.8, 4) is 0 Å². The molecule has 1 unspecified atom stereocenters. The van der Waals surface area contributed by atoms with E-state index in [9.17, 15) is 0 Å². The molecule has 0 saturated heterocycles.